The van der Waals surface area contributed by atoms with E-state index in [-0.39, 0.29) is 5.56 Å². The van der Waals surface area contributed by atoms with Crippen LogP contribution in [0, 0.1) is 5.92 Å². The molecule has 1 saturated carbocycles. The third kappa shape index (κ3) is 4.24. The number of benzene rings is 1. The predicted molar refractivity (Wildman–Crippen MR) is 105 cm³/mol. The third-order valence-electron chi connectivity index (χ3n) is 5.73. The number of amides is 3. The van der Waals surface area contributed by atoms with Crippen LogP contribution < -0.4 is 14.8 Å². The Morgan fingerprint density at radius 3 is 2.50 bits per heavy atom. The Bertz CT molecular complexity index is 859. The summed E-state index contributed by atoms with van der Waals surface area (Å²) in [6.45, 7) is 1.02. The number of hydrogen-bond donors (Lipinski definition) is 1. The van der Waals surface area contributed by atoms with E-state index in [1.54, 1.807) is 12.1 Å². The Morgan fingerprint density at radius 1 is 1.17 bits per heavy atom. The van der Waals surface area contributed by atoms with Crippen molar-refractivity contribution in [3.8, 4) is 11.5 Å². The molecule has 1 aromatic rings. The van der Waals surface area contributed by atoms with E-state index >= 15 is 0 Å². The number of carbonyl (C=O) groups excluding carboxylic acids is 4. The lowest BCUT2D eigenvalue weighted by Crippen LogP contribution is -2.49. The number of nitrogens with one attached hydrogen (secondary N) is 1. The number of carbonyl (C=O) groups is 4. The number of nitrogens with zero attached hydrogens (tertiary/aromatic N) is 1. The summed E-state index contributed by atoms with van der Waals surface area (Å²) >= 11 is 0. The van der Waals surface area contributed by atoms with Crippen LogP contribution in [0.15, 0.2) is 18.2 Å². The molecule has 0 unspecified atom stereocenters. The first kappa shape index (κ1) is 21.6. The van der Waals surface area contributed by atoms with Crippen LogP contribution in [-0.2, 0) is 14.3 Å². The molecular formula is C21H26N2O7. The van der Waals surface area contributed by atoms with Gasteiger partial charge >= 0.3 is 12.0 Å². The summed E-state index contributed by atoms with van der Waals surface area (Å²) in [5.41, 5.74) is -0.719. The van der Waals surface area contributed by atoms with Gasteiger partial charge in [-0.2, -0.15) is 0 Å². The summed E-state index contributed by atoms with van der Waals surface area (Å²) in [4.78, 5) is 50.6. The van der Waals surface area contributed by atoms with Gasteiger partial charge in [-0.1, -0.05) is 6.92 Å². The highest BCUT2D eigenvalue weighted by molar-refractivity contribution is 6.09. The Kier molecular flexibility index (Phi) is 6.28. The molecule has 9 heteroatoms. The molecular weight excluding hydrogens is 392 g/mol. The maximum absolute atomic E-state index is 12.8. The highest BCUT2D eigenvalue weighted by Crippen LogP contribution is 2.36. The molecule has 162 valence electrons. The minimum atomic E-state index is -0.923. The van der Waals surface area contributed by atoms with Crippen LogP contribution in [0.4, 0.5) is 4.79 Å². The number of esters is 1. The summed E-state index contributed by atoms with van der Waals surface area (Å²) < 4.78 is 15.3. The molecule has 3 amide bonds. The molecule has 1 spiro atoms. The van der Waals surface area contributed by atoms with Gasteiger partial charge in [0.15, 0.2) is 6.61 Å². The summed E-state index contributed by atoms with van der Waals surface area (Å²) in [5, 5.41) is 2.75. The van der Waals surface area contributed by atoms with Gasteiger partial charge in [-0.25, -0.2) is 4.79 Å². The largest absolute Gasteiger partial charge is 0.497 e. The molecule has 0 bridgehead atoms. The zero-order valence-corrected chi connectivity index (χ0v) is 17.4. The lowest BCUT2D eigenvalue weighted by molar-refractivity contribution is -0.147. The molecule has 30 heavy (non-hydrogen) atoms. The lowest BCUT2D eigenvalue weighted by Gasteiger charge is -2.33. The number of rotatable bonds is 7. The molecule has 3 rings (SSSR count). The maximum Gasteiger partial charge on any atom is 0.326 e. The summed E-state index contributed by atoms with van der Waals surface area (Å²) in [6, 6.07) is 4.10. The molecule has 1 aliphatic carbocycles. The van der Waals surface area contributed by atoms with Crippen molar-refractivity contribution < 1.29 is 33.4 Å². The van der Waals surface area contributed by atoms with Crippen molar-refractivity contribution in [1.29, 1.82) is 0 Å². The normalized spacial score (nSPS) is 23.3. The first-order valence-electron chi connectivity index (χ1n) is 9.84. The van der Waals surface area contributed by atoms with Gasteiger partial charge in [-0.15, -0.1) is 0 Å². The Morgan fingerprint density at radius 2 is 1.87 bits per heavy atom. The Labute approximate surface area is 174 Å². The van der Waals surface area contributed by atoms with Crippen LogP contribution in [0.25, 0.3) is 0 Å². The second kappa shape index (κ2) is 8.73. The fourth-order valence-corrected chi connectivity index (χ4v) is 3.84. The van der Waals surface area contributed by atoms with E-state index in [4.69, 9.17) is 14.2 Å². The van der Waals surface area contributed by atoms with Crippen molar-refractivity contribution in [2.45, 2.75) is 38.1 Å². The van der Waals surface area contributed by atoms with E-state index < -0.39 is 42.4 Å². The molecule has 1 saturated heterocycles. The number of ketones is 1. The quantitative estimate of drug-likeness (QED) is 0.409. The molecule has 1 aromatic carbocycles. The van der Waals surface area contributed by atoms with Crippen LogP contribution in [0.1, 0.15) is 43.0 Å². The fourth-order valence-electron chi connectivity index (χ4n) is 3.84. The van der Waals surface area contributed by atoms with Crippen LogP contribution in [0.3, 0.4) is 0 Å². The molecule has 2 fully saturated rings. The number of ether oxygens (including phenoxy) is 3. The second-order valence-electron chi connectivity index (χ2n) is 7.74. The van der Waals surface area contributed by atoms with Gasteiger partial charge in [0.05, 0.1) is 19.8 Å². The Hall–Kier alpha value is -3.10. The number of imide groups is 1. The zero-order valence-electron chi connectivity index (χ0n) is 17.4. The SMILES string of the molecule is COc1ccc(OC)c(C(=O)COC(=O)CN2C(=O)NC3(CCC(C)CC3)C2=O)c1. The van der Waals surface area contributed by atoms with Gasteiger partial charge in [-0.3, -0.25) is 19.3 Å². The second-order valence-corrected chi connectivity index (χ2v) is 7.74. The fraction of sp³-hybridized carbons (Fsp3) is 0.524. The topological polar surface area (TPSA) is 111 Å². The number of hydrogen-bond acceptors (Lipinski definition) is 7. The van der Waals surface area contributed by atoms with Crippen LogP contribution >= 0.6 is 0 Å². The van der Waals surface area contributed by atoms with Crippen LogP contribution in [-0.4, -0.2) is 61.5 Å². The first-order valence-corrected chi connectivity index (χ1v) is 9.84. The van der Waals surface area contributed by atoms with Crippen molar-refractivity contribution in [2.75, 3.05) is 27.4 Å². The third-order valence-corrected chi connectivity index (χ3v) is 5.73. The van der Waals surface area contributed by atoms with E-state index in [1.165, 1.54) is 20.3 Å². The van der Waals surface area contributed by atoms with Crippen molar-refractivity contribution in [3.63, 3.8) is 0 Å². The highest BCUT2D eigenvalue weighted by atomic mass is 16.5. The molecule has 1 N–H and O–H groups in total. The van der Waals surface area contributed by atoms with E-state index in [1.807, 2.05) is 0 Å². The van der Waals surface area contributed by atoms with Crippen LogP contribution in [0.2, 0.25) is 0 Å². The monoisotopic (exact) mass is 418 g/mol. The maximum atomic E-state index is 12.8. The number of methoxy groups -OCH3 is 2. The first-order chi connectivity index (χ1) is 14.3. The molecule has 1 heterocycles. The lowest BCUT2D eigenvalue weighted by atomic mass is 9.77. The summed E-state index contributed by atoms with van der Waals surface area (Å²) in [5.74, 6) is -0.462. The van der Waals surface area contributed by atoms with E-state index in [0.717, 1.165) is 17.7 Å². The number of urea groups is 1. The molecule has 9 nitrogen and oxygen atoms in total. The molecule has 0 radical (unpaired) electrons. The van der Waals surface area contributed by atoms with Gasteiger partial charge in [0, 0.05) is 0 Å². The molecule has 2 aliphatic rings. The summed E-state index contributed by atoms with van der Waals surface area (Å²) in [7, 11) is 2.89. The molecule has 0 atom stereocenters. The predicted octanol–water partition coefficient (Wildman–Crippen LogP) is 1.93. The highest BCUT2D eigenvalue weighted by Gasteiger charge is 2.52. The van der Waals surface area contributed by atoms with E-state index in [0.29, 0.717) is 30.3 Å². The van der Waals surface area contributed by atoms with Crippen molar-refractivity contribution in [2.24, 2.45) is 5.92 Å². The van der Waals surface area contributed by atoms with Gasteiger partial charge in [0.1, 0.15) is 23.6 Å². The minimum Gasteiger partial charge on any atom is -0.497 e. The standard InChI is InChI=1S/C21H26N2O7/c1-13-6-8-21(9-7-13)19(26)23(20(27)22-21)11-18(25)30-12-16(24)15-10-14(28-2)4-5-17(15)29-3/h4-5,10,13H,6-9,11-12H2,1-3H3,(H,22,27). The summed E-state index contributed by atoms with van der Waals surface area (Å²) in [6.07, 6.45) is 2.78. The average Bonchev–Trinajstić information content (AvgIpc) is 2.97. The smallest absolute Gasteiger partial charge is 0.326 e. The van der Waals surface area contributed by atoms with Gasteiger partial charge in [0.25, 0.3) is 5.91 Å². The van der Waals surface area contributed by atoms with Crippen LogP contribution in [0.5, 0.6) is 11.5 Å². The molecule has 0 aromatic heterocycles. The number of Topliss-reactive ketones (excluding diaryl/α,β-unsaturated/α-hetero) is 1. The molecule has 1 aliphatic heterocycles. The van der Waals surface area contributed by atoms with Crippen molar-refractivity contribution in [1.82, 2.24) is 10.2 Å². The average molecular weight is 418 g/mol. The van der Waals surface area contributed by atoms with Gasteiger partial charge in [-0.05, 0) is 49.8 Å². The van der Waals surface area contributed by atoms with E-state index in [2.05, 4.69) is 12.2 Å². The zero-order chi connectivity index (χ0) is 21.9. The van der Waals surface area contributed by atoms with Gasteiger partial charge < -0.3 is 19.5 Å². The van der Waals surface area contributed by atoms with Crippen molar-refractivity contribution in [3.05, 3.63) is 23.8 Å². The van der Waals surface area contributed by atoms with Crippen molar-refractivity contribution >= 4 is 23.7 Å². The Balaban J connectivity index is 1.59. The van der Waals surface area contributed by atoms with E-state index in [9.17, 15) is 19.2 Å². The van der Waals surface area contributed by atoms with Gasteiger partial charge in [0.2, 0.25) is 5.78 Å². The minimum absolute atomic E-state index is 0.204.